The molecule has 2 aromatic rings. The van der Waals surface area contributed by atoms with E-state index in [1.54, 1.807) is 24.3 Å². The Balaban J connectivity index is 1.85. The zero-order valence-electron chi connectivity index (χ0n) is 14.2. The van der Waals surface area contributed by atoms with Gasteiger partial charge in [0.1, 0.15) is 11.4 Å². The lowest BCUT2D eigenvalue weighted by Gasteiger charge is -2.33. The Kier molecular flexibility index (Phi) is 5.01. The van der Waals surface area contributed by atoms with Crippen molar-refractivity contribution in [2.45, 2.75) is 18.4 Å². The lowest BCUT2D eigenvalue weighted by molar-refractivity contribution is 0.00911. The van der Waals surface area contributed by atoms with Crippen molar-refractivity contribution < 1.29 is 14.3 Å². The second-order valence-corrected chi connectivity index (χ2v) is 6.41. The minimum atomic E-state index is -1.20. The highest BCUT2D eigenvalue weighted by Gasteiger charge is 2.33. The van der Waals surface area contributed by atoms with Gasteiger partial charge in [0.2, 0.25) is 0 Å². The molecule has 2 aromatic carbocycles. The molecule has 7 heteroatoms. The van der Waals surface area contributed by atoms with Crippen LogP contribution in [0.5, 0.6) is 0 Å². The van der Waals surface area contributed by atoms with Gasteiger partial charge in [0.15, 0.2) is 0 Å². The van der Waals surface area contributed by atoms with Crippen molar-refractivity contribution in [2.24, 2.45) is 10.7 Å². The number of benzene rings is 2. The number of aliphatic hydroxyl groups is 1. The number of hydrogen-bond donors (Lipinski definition) is 4. The number of halogens is 1. The van der Waals surface area contributed by atoms with Crippen LogP contribution in [0.1, 0.15) is 34.3 Å². The van der Waals surface area contributed by atoms with E-state index in [1.807, 2.05) is 0 Å². The van der Waals surface area contributed by atoms with Crippen LogP contribution in [0, 0.1) is 5.82 Å². The van der Waals surface area contributed by atoms with E-state index >= 15 is 0 Å². The Morgan fingerprint density at radius 2 is 2.15 bits per heavy atom. The Morgan fingerprint density at radius 1 is 1.35 bits per heavy atom. The molecule has 1 amide bonds. The number of nitrogens with zero attached hydrogens (tertiary/aromatic N) is 1. The molecule has 1 aliphatic rings. The zero-order valence-corrected chi connectivity index (χ0v) is 14.2. The number of piperidine rings is 1. The first-order valence-corrected chi connectivity index (χ1v) is 8.36. The third-order valence-electron chi connectivity index (χ3n) is 4.57. The highest BCUT2D eigenvalue weighted by Crippen LogP contribution is 2.32. The number of carbonyl (C=O) groups is 1. The molecule has 3 rings (SSSR count). The van der Waals surface area contributed by atoms with Crippen LogP contribution in [0.15, 0.2) is 41.4 Å². The van der Waals surface area contributed by atoms with Gasteiger partial charge < -0.3 is 21.9 Å². The summed E-state index contributed by atoms with van der Waals surface area (Å²) in [5, 5.41) is 13.7. The number of hydrogen-bond acceptors (Lipinski definition) is 5. The van der Waals surface area contributed by atoms with Crippen LogP contribution in [-0.4, -0.2) is 30.3 Å². The topological polar surface area (TPSA) is 114 Å². The van der Waals surface area contributed by atoms with Gasteiger partial charge in [-0.1, -0.05) is 18.2 Å². The molecular formula is C19H21FN4O2. The SMILES string of the molecule is NC(=O)c1cccc(C=Nc2ccc(C3(O)CCCNC3)c(F)c2)c1N. The van der Waals surface area contributed by atoms with E-state index < -0.39 is 17.3 Å². The first-order valence-electron chi connectivity index (χ1n) is 8.36. The largest absolute Gasteiger partial charge is 0.398 e. The monoisotopic (exact) mass is 356 g/mol. The van der Waals surface area contributed by atoms with E-state index in [4.69, 9.17) is 11.5 Å². The summed E-state index contributed by atoms with van der Waals surface area (Å²) in [5.41, 5.74) is 11.6. The fraction of sp³-hybridized carbons (Fsp3) is 0.263. The first-order chi connectivity index (χ1) is 12.4. The van der Waals surface area contributed by atoms with Crippen molar-refractivity contribution in [1.82, 2.24) is 5.32 Å². The van der Waals surface area contributed by atoms with Crippen LogP contribution >= 0.6 is 0 Å². The van der Waals surface area contributed by atoms with Crippen molar-refractivity contribution in [3.8, 4) is 0 Å². The number of amides is 1. The van der Waals surface area contributed by atoms with E-state index in [2.05, 4.69) is 10.3 Å². The molecule has 0 spiro atoms. The van der Waals surface area contributed by atoms with Crippen LogP contribution in [0.2, 0.25) is 0 Å². The van der Waals surface area contributed by atoms with Crippen molar-refractivity contribution in [3.63, 3.8) is 0 Å². The molecule has 1 aliphatic heterocycles. The van der Waals surface area contributed by atoms with Gasteiger partial charge in [-0.25, -0.2) is 4.39 Å². The lowest BCUT2D eigenvalue weighted by atomic mass is 9.86. The molecule has 0 aromatic heterocycles. The Labute approximate surface area is 150 Å². The number of nitrogen functional groups attached to an aromatic ring is 1. The van der Waals surface area contributed by atoms with Crippen LogP contribution in [0.25, 0.3) is 0 Å². The quantitative estimate of drug-likeness (QED) is 0.494. The van der Waals surface area contributed by atoms with Crippen LogP contribution in [-0.2, 0) is 5.60 Å². The van der Waals surface area contributed by atoms with E-state index in [1.165, 1.54) is 18.3 Å². The molecule has 1 fully saturated rings. The Bertz CT molecular complexity index is 861. The van der Waals surface area contributed by atoms with Gasteiger partial charge in [-0.05, 0) is 37.6 Å². The summed E-state index contributed by atoms with van der Waals surface area (Å²) in [6.45, 7) is 1.14. The molecule has 6 nitrogen and oxygen atoms in total. The van der Waals surface area contributed by atoms with Crippen LogP contribution in [0.3, 0.4) is 0 Å². The number of rotatable bonds is 4. The second-order valence-electron chi connectivity index (χ2n) is 6.41. The number of anilines is 1. The smallest absolute Gasteiger partial charge is 0.250 e. The average molecular weight is 356 g/mol. The zero-order chi connectivity index (χ0) is 18.7. The molecule has 26 heavy (non-hydrogen) atoms. The molecule has 0 bridgehead atoms. The number of carbonyl (C=O) groups excluding carboxylic acids is 1. The second kappa shape index (κ2) is 7.23. The summed E-state index contributed by atoms with van der Waals surface area (Å²) in [7, 11) is 0. The van der Waals surface area contributed by atoms with Crippen LogP contribution < -0.4 is 16.8 Å². The molecule has 6 N–H and O–H groups in total. The van der Waals surface area contributed by atoms with Crippen molar-refractivity contribution in [1.29, 1.82) is 0 Å². The van der Waals surface area contributed by atoms with E-state index in [-0.39, 0.29) is 16.8 Å². The van der Waals surface area contributed by atoms with Crippen molar-refractivity contribution >= 4 is 23.5 Å². The van der Waals surface area contributed by atoms with Gasteiger partial charge in [0, 0.05) is 23.9 Å². The molecule has 1 heterocycles. The maximum atomic E-state index is 14.5. The first kappa shape index (κ1) is 18.0. The Hall–Kier alpha value is -2.77. The summed E-state index contributed by atoms with van der Waals surface area (Å²) >= 11 is 0. The highest BCUT2D eigenvalue weighted by molar-refractivity contribution is 6.02. The standard InChI is InChI=1S/C19H21FN4O2/c20-16-9-13(5-6-15(16)19(26)7-2-8-23-11-19)24-10-12-3-1-4-14(17(12)21)18(22)25/h1,3-6,9-10,23,26H,2,7-8,11,21H2,(H2,22,25). The molecule has 0 aliphatic carbocycles. The molecule has 0 saturated carbocycles. The van der Waals surface area contributed by atoms with Crippen molar-refractivity contribution in [2.75, 3.05) is 18.8 Å². The minimum absolute atomic E-state index is 0.211. The predicted octanol–water partition coefficient (Wildman–Crippen LogP) is 1.83. The average Bonchev–Trinajstić information content (AvgIpc) is 2.61. The third-order valence-corrected chi connectivity index (χ3v) is 4.57. The van der Waals surface area contributed by atoms with Crippen molar-refractivity contribution in [3.05, 3.63) is 58.9 Å². The maximum Gasteiger partial charge on any atom is 0.250 e. The molecule has 1 unspecified atom stereocenters. The van der Waals surface area contributed by atoms with E-state index in [0.29, 0.717) is 24.2 Å². The van der Waals surface area contributed by atoms with Gasteiger partial charge in [-0.15, -0.1) is 0 Å². The highest BCUT2D eigenvalue weighted by atomic mass is 19.1. The fourth-order valence-electron chi connectivity index (χ4n) is 3.14. The number of nitrogens with one attached hydrogen (secondary N) is 1. The summed E-state index contributed by atoms with van der Waals surface area (Å²) < 4.78 is 14.5. The number of primary amides is 1. The predicted molar refractivity (Wildman–Crippen MR) is 99.0 cm³/mol. The molecular weight excluding hydrogens is 335 g/mol. The molecule has 1 saturated heterocycles. The summed E-state index contributed by atoms with van der Waals surface area (Å²) in [6, 6.07) is 9.32. The lowest BCUT2D eigenvalue weighted by Crippen LogP contribution is -2.43. The summed E-state index contributed by atoms with van der Waals surface area (Å²) in [5.74, 6) is -1.13. The normalized spacial score (nSPS) is 20.4. The Morgan fingerprint density at radius 3 is 2.81 bits per heavy atom. The molecule has 1 atom stereocenters. The van der Waals surface area contributed by atoms with Crippen LogP contribution in [0.4, 0.5) is 15.8 Å². The van der Waals surface area contributed by atoms with Gasteiger partial charge in [0.05, 0.1) is 16.9 Å². The van der Waals surface area contributed by atoms with Gasteiger partial charge >= 0.3 is 0 Å². The summed E-state index contributed by atoms with van der Waals surface area (Å²) in [6.07, 6.45) is 2.74. The van der Waals surface area contributed by atoms with Gasteiger partial charge in [-0.3, -0.25) is 9.79 Å². The van der Waals surface area contributed by atoms with Gasteiger partial charge in [0.25, 0.3) is 5.91 Å². The minimum Gasteiger partial charge on any atom is -0.398 e. The summed E-state index contributed by atoms with van der Waals surface area (Å²) in [4.78, 5) is 15.5. The number of para-hydroxylation sites is 1. The number of β-amino-alcohol motifs (C(OH)–C–C–N with tert-alkyl or cyclic N) is 1. The maximum absolute atomic E-state index is 14.5. The van der Waals surface area contributed by atoms with E-state index in [9.17, 15) is 14.3 Å². The number of aliphatic imine (C=N–C) groups is 1. The molecule has 136 valence electrons. The third kappa shape index (κ3) is 3.58. The number of nitrogens with two attached hydrogens (primary N) is 2. The molecule has 0 radical (unpaired) electrons. The van der Waals surface area contributed by atoms with E-state index in [0.717, 1.165) is 13.0 Å². The fourth-order valence-corrected chi connectivity index (χ4v) is 3.14. The van der Waals surface area contributed by atoms with Gasteiger partial charge in [-0.2, -0.15) is 0 Å².